The highest BCUT2D eigenvalue weighted by atomic mass is 32.2. The zero-order chi connectivity index (χ0) is 15.8. The smallest absolute Gasteiger partial charge is 0.310 e. The molecule has 1 aliphatic rings. The van der Waals surface area contributed by atoms with Crippen LogP contribution in [0.2, 0.25) is 0 Å². The first-order valence-electron chi connectivity index (χ1n) is 6.92. The molecule has 1 atom stereocenters. The molecule has 2 rings (SSSR count). The Labute approximate surface area is 125 Å². The van der Waals surface area contributed by atoms with E-state index in [1.54, 1.807) is 6.92 Å². The van der Waals surface area contributed by atoms with E-state index in [2.05, 4.69) is 0 Å². The SMILES string of the molecule is Cc1cccc(C)c1CS(=O)(=O)N1CCC(C)(C(=O)O)C1. The molecule has 1 aliphatic heterocycles. The Morgan fingerprint density at radius 2 is 1.90 bits per heavy atom. The molecule has 21 heavy (non-hydrogen) atoms. The first-order valence-corrected chi connectivity index (χ1v) is 8.53. The number of carboxylic acid groups (broad SMARTS) is 1. The van der Waals surface area contributed by atoms with Crippen molar-refractivity contribution in [2.75, 3.05) is 13.1 Å². The van der Waals surface area contributed by atoms with Gasteiger partial charge in [-0.05, 0) is 43.9 Å². The van der Waals surface area contributed by atoms with Crippen molar-refractivity contribution >= 4 is 16.0 Å². The van der Waals surface area contributed by atoms with Gasteiger partial charge in [0.05, 0.1) is 11.2 Å². The predicted octanol–water partition coefficient (Wildman–Crippen LogP) is 1.93. The molecule has 0 spiro atoms. The van der Waals surface area contributed by atoms with Crippen LogP contribution in [0, 0.1) is 19.3 Å². The van der Waals surface area contributed by atoms with Gasteiger partial charge in [-0.1, -0.05) is 18.2 Å². The summed E-state index contributed by atoms with van der Waals surface area (Å²) in [6.45, 7) is 5.71. The van der Waals surface area contributed by atoms with Crippen molar-refractivity contribution in [3.8, 4) is 0 Å². The maximum absolute atomic E-state index is 12.6. The molecule has 0 aromatic heterocycles. The molecule has 0 aliphatic carbocycles. The summed E-state index contributed by atoms with van der Waals surface area (Å²) in [5.74, 6) is -1.01. The number of nitrogens with zero attached hydrogens (tertiary/aromatic N) is 1. The predicted molar refractivity (Wildman–Crippen MR) is 80.5 cm³/mol. The quantitative estimate of drug-likeness (QED) is 0.922. The molecule has 1 aromatic carbocycles. The number of sulfonamides is 1. The van der Waals surface area contributed by atoms with Gasteiger partial charge in [0, 0.05) is 13.1 Å². The Kier molecular flexibility index (Phi) is 4.13. The topological polar surface area (TPSA) is 74.7 Å². The van der Waals surface area contributed by atoms with Crippen molar-refractivity contribution in [2.24, 2.45) is 5.41 Å². The zero-order valence-electron chi connectivity index (χ0n) is 12.6. The van der Waals surface area contributed by atoms with Crippen LogP contribution < -0.4 is 0 Å². The number of rotatable bonds is 4. The average Bonchev–Trinajstić information content (AvgIpc) is 2.79. The number of hydrogen-bond acceptors (Lipinski definition) is 3. The molecule has 1 saturated heterocycles. The molecular formula is C15H21NO4S. The molecule has 5 nitrogen and oxygen atoms in total. The van der Waals surface area contributed by atoms with Crippen molar-refractivity contribution in [3.63, 3.8) is 0 Å². The molecule has 1 heterocycles. The van der Waals surface area contributed by atoms with E-state index in [4.69, 9.17) is 0 Å². The van der Waals surface area contributed by atoms with Crippen LogP contribution in [0.3, 0.4) is 0 Å². The number of carbonyl (C=O) groups is 1. The lowest BCUT2D eigenvalue weighted by Gasteiger charge is -2.21. The lowest BCUT2D eigenvalue weighted by atomic mass is 9.90. The minimum absolute atomic E-state index is 0.0512. The van der Waals surface area contributed by atoms with Crippen LogP contribution in [0.15, 0.2) is 18.2 Å². The molecule has 116 valence electrons. The minimum Gasteiger partial charge on any atom is -0.481 e. The summed E-state index contributed by atoms with van der Waals surface area (Å²) in [4.78, 5) is 11.2. The van der Waals surface area contributed by atoms with Crippen LogP contribution >= 0.6 is 0 Å². The van der Waals surface area contributed by atoms with Crippen molar-refractivity contribution in [1.82, 2.24) is 4.31 Å². The zero-order valence-corrected chi connectivity index (χ0v) is 13.4. The van der Waals surface area contributed by atoms with E-state index in [0.29, 0.717) is 6.42 Å². The van der Waals surface area contributed by atoms with Crippen LogP contribution in [-0.2, 0) is 20.6 Å². The third-order valence-electron chi connectivity index (χ3n) is 4.32. The summed E-state index contributed by atoms with van der Waals surface area (Å²) in [6, 6.07) is 5.69. The first-order chi connectivity index (χ1) is 9.66. The molecule has 0 saturated carbocycles. The number of benzene rings is 1. The summed E-state index contributed by atoms with van der Waals surface area (Å²) < 4.78 is 26.4. The molecule has 1 aromatic rings. The van der Waals surface area contributed by atoms with E-state index in [1.807, 2.05) is 32.0 Å². The normalized spacial score (nSPS) is 23.4. The van der Waals surface area contributed by atoms with Gasteiger partial charge in [-0.25, -0.2) is 12.7 Å². The van der Waals surface area contributed by atoms with Gasteiger partial charge in [-0.15, -0.1) is 0 Å². The highest BCUT2D eigenvalue weighted by molar-refractivity contribution is 7.88. The number of aliphatic carboxylic acids is 1. The van der Waals surface area contributed by atoms with Crippen LogP contribution in [0.1, 0.15) is 30.0 Å². The first kappa shape index (κ1) is 16.0. The lowest BCUT2D eigenvalue weighted by molar-refractivity contribution is -0.146. The molecule has 1 unspecified atom stereocenters. The second kappa shape index (κ2) is 5.42. The number of hydrogen-bond donors (Lipinski definition) is 1. The summed E-state index contributed by atoms with van der Waals surface area (Å²) >= 11 is 0. The number of carboxylic acids is 1. The van der Waals surface area contributed by atoms with Crippen LogP contribution in [-0.4, -0.2) is 36.9 Å². The average molecular weight is 311 g/mol. The second-order valence-electron chi connectivity index (χ2n) is 6.08. The summed E-state index contributed by atoms with van der Waals surface area (Å²) in [5, 5.41) is 9.21. The maximum atomic E-state index is 12.6. The van der Waals surface area contributed by atoms with Gasteiger partial charge in [-0.2, -0.15) is 0 Å². The third-order valence-corrected chi connectivity index (χ3v) is 6.07. The maximum Gasteiger partial charge on any atom is 0.310 e. The molecular weight excluding hydrogens is 290 g/mol. The van der Waals surface area contributed by atoms with E-state index in [0.717, 1.165) is 16.7 Å². The molecule has 0 amide bonds. The Morgan fingerprint density at radius 1 is 1.33 bits per heavy atom. The van der Waals surface area contributed by atoms with Gasteiger partial charge in [0.1, 0.15) is 0 Å². The van der Waals surface area contributed by atoms with Crippen molar-refractivity contribution < 1.29 is 18.3 Å². The van der Waals surface area contributed by atoms with E-state index in [-0.39, 0.29) is 18.8 Å². The van der Waals surface area contributed by atoms with Gasteiger partial charge in [0.2, 0.25) is 10.0 Å². The fourth-order valence-electron chi connectivity index (χ4n) is 2.68. The molecule has 0 bridgehead atoms. The number of aryl methyl sites for hydroxylation is 2. The standard InChI is InChI=1S/C15H21NO4S/c1-11-5-4-6-12(2)13(11)9-21(19,20)16-8-7-15(3,10-16)14(17)18/h4-6H,7-10H2,1-3H3,(H,17,18). The van der Waals surface area contributed by atoms with Gasteiger partial charge in [0.15, 0.2) is 0 Å². The van der Waals surface area contributed by atoms with Crippen molar-refractivity contribution in [1.29, 1.82) is 0 Å². The van der Waals surface area contributed by atoms with Crippen molar-refractivity contribution in [3.05, 3.63) is 34.9 Å². The van der Waals surface area contributed by atoms with Gasteiger partial charge in [0.25, 0.3) is 0 Å². The van der Waals surface area contributed by atoms with E-state index < -0.39 is 21.4 Å². The van der Waals surface area contributed by atoms with Crippen LogP contribution in [0.4, 0.5) is 0 Å². The molecule has 1 N–H and O–H groups in total. The fraction of sp³-hybridized carbons (Fsp3) is 0.533. The van der Waals surface area contributed by atoms with Gasteiger partial charge < -0.3 is 5.11 Å². The molecule has 0 radical (unpaired) electrons. The minimum atomic E-state index is -3.49. The second-order valence-corrected chi connectivity index (χ2v) is 8.04. The largest absolute Gasteiger partial charge is 0.481 e. The Bertz CT molecular complexity index is 648. The van der Waals surface area contributed by atoms with Crippen LogP contribution in [0.25, 0.3) is 0 Å². The fourth-order valence-corrected chi connectivity index (χ4v) is 4.53. The highest BCUT2D eigenvalue weighted by Crippen LogP contribution is 2.33. The Hall–Kier alpha value is -1.40. The monoisotopic (exact) mass is 311 g/mol. The summed E-state index contributed by atoms with van der Waals surface area (Å²) in [5.41, 5.74) is 1.72. The molecule has 1 fully saturated rings. The van der Waals surface area contributed by atoms with Crippen molar-refractivity contribution in [2.45, 2.75) is 32.9 Å². The van der Waals surface area contributed by atoms with E-state index >= 15 is 0 Å². The third kappa shape index (κ3) is 3.11. The lowest BCUT2D eigenvalue weighted by Crippen LogP contribution is -2.35. The summed E-state index contributed by atoms with van der Waals surface area (Å²) in [6.07, 6.45) is 0.355. The van der Waals surface area contributed by atoms with Gasteiger partial charge >= 0.3 is 5.97 Å². The van der Waals surface area contributed by atoms with E-state index in [1.165, 1.54) is 4.31 Å². The van der Waals surface area contributed by atoms with Crippen LogP contribution in [0.5, 0.6) is 0 Å². The van der Waals surface area contributed by atoms with Gasteiger partial charge in [-0.3, -0.25) is 4.79 Å². The molecule has 6 heteroatoms. The summed E-state index contributed by atoms with van der Waals surface area (Å²) in [7, 11) is -3.49. The Balaban J connectivity index is 2.23. The highest BCUT2D eigenvalue weighted by Gasteiger charge is 2.44. The Morgan fingerprint density at radius 3 is 2.38 bits per heavy atom. The van der Waals surface area contributed by atoms with E-state index in [9.17, 15) is 18.3 Å².